The summed E-state index contributed by atoms with van der Waals surface area (Å²) in [5.41, 5.74) is 0. The Labute approximate surface area is 101 Å². The standard InChI is InChI=1S/C10H11ClF2O2S/c1-6(4-8(14)15)5-10(12,13)9-7(11)2-3-16-9/h2-3,6H,4-5H2,1H3,(H,14,15). The molecule has 0 saturated carbocycles. The van der Waals surface area contributed by atoms with Crippen LogP contribution in [-0.4, -0.2) is 11.1 Å². The van der Waals surface area contributed by atoms with E-state index < -0.39 is 24.2 Å². The van der Waals surface area contributed by atoms with Crippen molar-refractivity contribution in [1.29, 1.82) is 0 Å². The normalized spacial score (nSPS) is 13.8. The van der Waals surface area contributed by atoms with E-state index in [1.807, 2.05) is 0 Å². The Hall–Kier alpha value is -0.680. The average Bonchev–Trinajstić information content (AvgIpc) is 2.48. The second-order valence-electron chi connectivity index (χ2n) is 3.71. The number of carbonyl (C=O) groups is 1. The van der Waals surface area contributed by atoms with Crippen molar-refractivity contribution in [3.05, 3.63) is 21.3 Å². The summed E-state index contributed by atoms with van der Waals surface area (Å²) in [4.78, 5) is 10.2. The fraction of sp³-hybridized carbons (Fsp3) is 0.500. The van der Waals surface area contributed by atoms with E-state index in [-0.39, 0.29) is 16.3 Å². The Kier molecular flexibility index (Phi) is 4.27. The van der Waals surface area contributed by atoms with Crippen LogP contribution in [0.4, 0.5) is 8.78 Å². The average molecular weight is 269 g/mol. The largest absolute Gasteiger partial charge is 0.481 e. The highest BCUT2D eigenvalue weighted by molar-refractivity contribution is 7.10. The highest BCUT2D eigenvalue weighted by Gasteiger charge is 2.37. The Morgan fingerprint density at radius 1 is 1.69 bits per heavy atom. The van der Waals surface area contributed by atoms with E-state index in [0.717, 1.165) is 11.3 Å². The molecule has 2 nitrogen and oxygen atoms in total. The van der Waals surface area contributed by atoms with E-state index in [9.17, 15) is 13.6 Å². The topological polar surface area (TPSA) is 37.3 Å². The SMILES string of the molecule is CC(CC(=O)O)CC(F)(F)c1sccc1Cl. The van der Waals surface area contributed by atoms with Crippen LogP contribution in [0.15, 0.2) is 11.4 Å². The lowest BCUT2D eigenvalue weighted by molar-refractivity contribution is -0.138. The lowest BCUT2D eigenvalue weighted by Gasteiger charge is -2.18. The van der Waals surface area contributed by atoms with E-state index in [1.165, 1.54) is 18.4 Å². The number of alkyl halides is 2. The Balaban J connectivity index is 2.72. The fourth-order valence-corrected chi connectivity index (χ4v) is 2.64. The maximum atomic E-state index is 13.7. The molecule has 1 atom stereocenters. The van der Waals surface area contributed by atoms with Gasteiger partial charge in [0.05, 0.1) is 9.90 Å². The summed E-state index contributed by atoms with van der Waals surface area (Å²) >= 11 is 6.52. The summed E-state index contributed by atoms with van der Waals surface area (Å²) in [6, 6.07) is 1.41. The number of carboxylic acids is 1. The molecule has 1 aromatic heterocycles. The number of hydrogen-bond acceptors (Lipinski definition) is 2. The summed E-state index contributed by atoms with van der Waals surface area (Å²) in [7, 11) is 0. The molecule has 1 aromatic rings. The van der Waals surface area contributed by atoms with Crippen molar-refractivity contribution in [2.24, 2.45) is 5.92 Å². The minimum absolute atomic E-state index is 0.0394. The van der Waals surface area contributed by atoms with Gasteiger partial charge in [-0.25, -0.2) is 8.78 Å². The number of hydrogen-bond donors (Lipinski definition) is 1. The van der Waals surface area contributed by atoms with Gasteiger partial charge in [-0.05, 0) is 17.4 Å². The van der Waals surface area contributed by atoms with Crippen LogP contribution in [0.3, 0.4) is 0 Å². The molecular weight excluding hydrogens is 258 g/mol. The summed E-state index contributed by atoms with van der Waals surface area (Å²) in [5, 5.41) is 10.0. The molecule has 1 unspecified atom stereocenters. The van der Waals surface area contributed by atoms with Crippen molar-refractivity contribution >= 4 is 28.9 Å². The molecule has 1 rings (SSSR count). The van der Waals surface area contributed by atoms with Crippen LogP contribution < -0.4 is 0 Å². The second kappa shape index (κ2) is 5.10. The molecule has 0 aliphatic carbocycles. The lowest BCUT2D eigenvalue weighted by atomic mass is 9.99. The number of rotatable bonds is 5. The van der Waals surface area contributed by atoms with Crippen molar-refractivity contribution in [3.8, 4) is 0 Å². The van der Waals surface area contributed by atoms with Crippen LogP contribution in [0.2, 0.25) is 5.02 Å². The van der Waals surface area contributed by atoms with Crippen LogP contribution in [-0.2, 0) is 10.7 Å². The van der Waals surface area contributed by atoms with E-state index in [0.29, 0.717) is 0 Å². The van der Waals surface area contributed by atoms with Gasteiger partial charge in [-0.15, -0.1) is 11.3 Å². The smallest absolute Gasteiger partial charge is 0.303 e. The number of thiophene rings is 1. The number of aliphatic carboxylic acids is 1. The molecule has 90 valence electrons. The zero-order valence-electron chi connectivity index (χ0n) is 8.54. The highest BCUT2D eigenvalue weighted by atomic mass is 35.5. The summed E-state index contributed by atoms with van der Waals surface area (Å²) < 4.78 is 27.4. The molecule has 0 amide bonds. The van der Waals surface area contributed by atoms with Crippen molar-refractivity contribution < 1.29 is 18.7 Å². The van der Waals surface area contributed by atoms with E-state index >= 15 is 0 Å². The minimum Gasteiger partial charge on any atom is -0.481 e. The van der Waals surface area contributed by atoms with Gasteiger partial charge in [0, 0.05) is 12.8 Å². The van der Waals surface area contributed by atoms with Crippen molar-refractivity contribution in [2.45, 2.75) is 25.7 Å². The van der Waals surface area contributed by atoms with Crippen LogP contribution >= 0.6 is 22.9 Å². The highest BCUT2D eigenvalue weighted by Crippen LogP contribution is 2.42. The molecule has 16 heavy (non-hydrogen) atoms. The summed E-state index contributed by atoms with van der Waals surface area (Å²) in [5.74, 6) is -4.72. The molecule has 1 heterocycles. The van der Waals surface area contributed by atoms with Crippen LogP contribution in [0.1, 0.15) is 24.6 Å². The van der Waals surface area contributed by atoms with Crippen LogP contribution in [0.25, 0.3) is 0 Å². The van der Waals surface area contributed by atoms with Crippen molar-refractivity contribution in [1.82, 2.24) is 0 Å². The Bertz CT molecular complexity index is 379. The molecule has 6 heteroatoms. The number of halogens is 3. The van der Waals surface area contributed by atoms with Gasteiger partial charge in [0.1, 0.15) is 0 Å². The van der Waals surface area contributed by atoms with Gasteiger partial charge in [0.15, 0.2) is 0 Å². The van der Waals surface area contributed by atoms with Gasteiger partial charge in [0.2, 0.25) is 0 Å². The second-order valence-corrected chi connectivity index (χ2v) is 5.03. The third-order valence-electron chi connectivity index (χ3n) is 2.08. The molecular formula is C10H11ClF2O2S. The molecule has 0 fully saturated rings. The van der Waals surface area contributed by atoms with Gasteiger partial charge in [-0.3, -0.25) is 4.79 Å². The molecule has 0 bridgehead atoms. The first-order valence-electron chi connectivity index (χ1n) is 4.66. The molecule has 0 radical (unpaired) electrons. The maximum absolute atomic E-state index is 13.7. The van der Waals surface area contributed by atoms with E-state index in [2.05, 4.69) is 0 Å². The maximum Gasteiger partial charge on any atom is 0.303 e. The molecule has 0 aliphatic rings. The fourth-order valence-electron chi connectivity index (χ4n) is 1.46. The van der Waals surface area contributed by atoms with Gasteiger partial charge >= 0.3 is 5.97 Å². The molecule has 0 aliphatic heterocycles. The first kappa shape index (κ1) is 13.4. The first-order valence-corrected chi connectivity index (χ1v) is 5.92. The molecule has 0 saturated heterocycles. The van der Waals surface area contributed by atoms with Crippen LogP contribution in [0.5, 0.6) is 0 Å². The molecule has 1 N–H and O–H groups in total. The minimum atomic E-state index is -3.06. The molecule has 0 spiro atoms. The first-order chi connectivity index (χ1) is 7.33. The van der Waals surface area contributed by atoms with E-state index in [4.69, 9.17) is 16.7 Å². The third-order valence-corrected chi connectivity index (χ3v) is 3.53. The zero-order chi connectivity index (χ0) is 12.3. The van der Waals surface area contributed by atoms with E-state index in [1.54, 1.807) is 0 Å². The summed E-state index contributed by atoms with van der Waals surface area (Å²) in [6.45, 7) is 1.49. The quantitative estimate of drug-likeness (QED) is 0.877. The summed E-state index contributed by atoms with van der Waals surface area (Å²) in [6.07, 6.45) is -0.766. The van der Waals surface area contributed by atoms with Crippen molar-refractivity contribution in [2.75, 3.05) is 0 Å². The third kappa shape index (κ3) is 3.42. The van der Waals surface area contributed by atoms with Gasteiger partial charge in [0.25, 0.3) is 5.92 Å². The van der Waals surface area contributed by atoms with Crippen molar-refractivity contribution in [3.63, 3.8) is 0 Å². The number of carboxylic acid groups (broad SMARTS) is 1. The zero-order valence-corrected chi connectivity index (χ0v) is 10.1. The lowest BCUT2D eigenvalue weighted by Crippen LogP contribution is -2.18. The van der Waals surface area contributed by atoms with Gasteiger partial charge in [-0.2, -0.15) is 0 Å². The molecule has 0 aromatic carbocycles. The Morgan fingerprint density at radius 3 is 2.75 bits per heavy atom. The Morgan fingerprint density at radius 2 is 2.31 bits per heavy atom. The van der Waals surface area contributed by atoms with Gasteiger partial charge in [-0.1, -0.05) is 18.5 Å². The monoisotopic (exact) mass is 268 g/mol. The predicted molar refractivity (Wildman–Crippen MR) is 59.3 cm³/mol. The van der Waals surface area contributed by atoms with Gasteiger partial charge < -0.3 is 5.11 Å². The van der Waals surface area contributed by atoms with Crippen LogP contribution in [0, 0.1) is 5.92 Å². The predicted octanol–water partition coefficient (Wildman–Crippen LogP) is 3.99.